The first kappa shape index (κ1) is 25.6. The summed E-state index contributed by atoms with van der Waals surface area (Å²) < 4.78 is 10.5. The standard InChI is InChI=1S/C28H38N2O5/c1-20-25(18-35-30-20)26(32)17-24(21-7-5-3-2-4-6-8-21)27(33)29-23-11-9-22(10-12-23)28(19-31)13-15-34-16-14-28/h9-12,18,21,24,31H,2-8,13-17,19H2,1H3,(H,29,33). The lowest BCUT2D eigenvalue weighted by Crippen LogP contribution is -2.37. The van der Waals surface area contributed by atoms with Gasteiger partial charge in [0, 0.05) is 36.7 Å². The number of carbonyl (C=O) groups excluding carboxylic acids is 2. The Kier molecular flexibility index (Phi) is 8.74. The Balaban J connectivity index is 1.49. The molecule has 2 fully saturated rings. The second-order valence-electron chi connectivity index (χ2n) is 10.3. The van der Waals surface area contributed by atoms with Gasteiger partial charge in [-0.05, 0) is 56.2 Å². The van der Waals surface area contributed by atoms with Gasteiger partial charge in [-0.1, -0.05) is 49.4 Å². The summed E-state index contributed by atoms with van der Waals surface area (Å²) >= 11 is 0. The predicted octanol–water partition coefficient (Wildman–Crippen LogP) is 5.21. The Morgan fingerprint density at radius 1 is 1.09 bits per heavy atom. The van der Waals surface area contributed by atoms with Crippen LogP contribution in [0, 0.1) is 18.8 Å². The minimum Gasteiger partial charge on any atom is -0.395 e. The van der Waals surface area contributed by atoms with E-state index < -0.39 is 5.92 Å². The first-order valence-electron chi connectivity index (χ1n) is 13.1. The Hall–Kier alpha value is -2.51. The molecule has 7 heteroatoms. The van der Waals surface area contributed by atoms with E-state index in [9.17, 15) is 14.7 Å². The number of anilines is 1. The van der Waals surface area contributed by atoms with Crippen LogP contribution in [0.1, 0.15) is 85.8 Å². The molecule has 0 spiro atoms. The second kappa shape index (κ2) is 12.0. The Labute approximate surface area is 207 Å². The number of rotatable bonds is 8. The SMILES string of the molecule is Cc1nocc1C(=O)CC(C(=O)Nc1ccc(C2(CO)CCOCC2)cc1)C1CCCCCCC1. The van der Waals surface area contributed by atoms with E-state index >= 15 is 0 Å². The van der Waals surface area contributed by atoms with Crippen molar-refractivity contribution in [3.05, 3.63) is 47.3 Å². The zero-order valence-electron chi connectivity index (χ0n) is 20.8. The van der Waals surface area contributed by atoms with Gasteiger partial charge in [-0.3, -0.25) is 9.59 Å². The van der Waals surface area contributed by atoms with Crippen LogP contribution in [0.4, 0.5) is 5.69 Å². The fraction of sp³-hybridized carbons (Fsp3) is 0.607. The van der Waals surface area contributed by atoms with Crippen LogP contribution in [0.15, 0.2) is 35.1 Å². The first-order chi connectivity index (χ1) is 17.0. The van der Waals surface area contributed by atoms with Crippen LogP contribution in [-0.4, -0.2) is 41.8 Å². The van der Waals surface area contributed by atoms with Gasteiger partial charge >= 0.3 is 0 Å². The third kappa shape index (κ3) is 6.19. The van der Waals surface area contributed by atoms with E-state index in [1.54, 1.807) is 6.92 Å². The molecule has 2 heterocycles. The Bertz CT molecular complexity index is 969. The largest absolute Gasteiger partial charge is 0.395 e. The average Bonchev–Trinajstić information content (AvgIpc) is 3.29. The van der Waals surface area contributed by atoms with Crippen molar-refractivity contribution in [3.63, 3.8) is 0 Å². The molecular formula is C28H38N2O5. The number of benzene rings is 1. The Morgan fingerprint density at radius 2 is 1.74 bits per heavy atom. The molecule has 1 saturated carbocycles. The Morgan fingerprint density at radius 3 is 2.34 bits per heavy atom. The van der Waals surface area contributed by atoms with Crippen LogP contribution in [0.3, 0.4) is 0 Å². The van der Waals surface area contributed by atoms with Crippen LogP contribution in [0.25, 0.3) is 0 Å². The van der Waals surface area contributed by atoms with E-state index in [0.717, 1.165) is 44.1 Å². The molecule has 35 heavy (non-hydrogen) atoms. The third-order valence-corrected chi connectivity index (χ3v) is 8.03. The zero-order chi connectivity index (χ0) is 24.7. The number of hydrogen-bond acceptors (Lipinski definition) is 6. The number of ether oxygens (including phenoxy) is 1. The molecule has 4 rings (SSSR count). The first-order valence-corrected chi connectivity index (χ1v) is 13.1. The number of aromatic nitrogens is 1. The molecular weight excluding hydrogens is 444 g/mol. The zero-order valence-corrected chi connectivity index (χ0v) is 20.8. The van der Waals surface area contributed by atoms with Crippen LogP contribution >= 0.6 is 0 Å². The maximum atomic E-state index is 13.5. The number of aryl methyl sites for hydroxylation is 1. The number of aliphatic hydroxyl groups excluding tert-OH is 1. The quantitative estimate of drug-likeness (QED) is 0.501. The molecule has 1 unspecified atom stereocenters. The molecule has 2 aliphatic rings. The number of hydrogen-bond donors (Lipinski definition) is 2. The van der Waals surface area contributed by atoms with E-state index in [4.69, 9.17) is 9.26 Å². The van der Waals surface area contributed by atoms with Gasteiger partial charge in [-0.25, -0.2) is 0 Å². The minimum absolute atomic E-state index is 0.0796. The molecule has 1 aromatic heterocycles. The van der Waals surface area contributed by atoms with Crippen molar-refractivity contribution in [2.75, 3.05) is 25.1 Å². The molecule has 1 amide bonds. The smallest absolute Gasteiger partial charge is 0.228 e. The lowest BCUT2D eigenvalue weighted by molar-refractivity contribution is -0.121. The molecule has 2 aromatic rings. The van der Waals surface area contributed by atoms with Gasteiger partial charge in [0.1, 0.15) is 6.26 Å². The highest BCUT2D eigenvalue weighted by Crippen LogP contribution is 2.36. The summed E-state index contributed by atoms with van der Waals surface area (Å²) in [7, 11) is 0. The summed E-state index contributed by atoms with van der Waals surface area (Å²) in [5.41, 5.74) is 2.52. The number of nitrogens with one attached hydrogen (secondary N) is 1. The van der Waals surface area contributed by atoms with Gasteiger partial charge < -0.3 is 19.7 Å². The van der Waals surface area contributed by atoms with Crippen molar-refractivity contribution < 1.29 is 24.0 Å². The monoisotopic (exact) mass is 482 g/mol. The van der Waals surface area contributed by atoms with E-state index in [1.807, 2.05) is 24.3 Å². The van der Waals surface area contributed by atoms with Gasteiger partial charge in [0.05, 0.1) is 17.9 Å². The molecule has 0 bridgehead atoms. The van der Waals surface area contributed by atoms with E-state index in [2.05, 4.69) is 10.5 Å². The molecule has 1 aliphatic heterocycles. The summed E-state index contributed by atoms with van der Waals surface area (Å²) in [6.07, 6.45) is 10.8. The van der Waals surface area contributed by atoms with Crippen molar-refractivity contribution >= 4 is 17.4 Å². The predicted molar refractivity (Wildman–Crippen MR) is 133 cm³/mol. The summed E-state index contributed by atoms with van der Waals surface area (Å²) in [5, 5.41) is 17.0. The third-order valence-electron chi connectivity index (χ3n) is 8.03. The van der Waals surface area contributed by atoms with Crippen LogP contribution in [-0.2, 0) is 14.9 Å². The van der Waals surface area contributed by atoms with Crippen molar-refractivity contribution in [2.45, 2.75) is 76.5 Å². The summed E-state index contributed by atoms with van der Waals surface area (Å²) in [5.74, 6) is -0.410. The van der Waals surface area contributed by atoms with Crippen molar-refractivity contribution in [1.29, 1.82) is 0 Å². The number of amides is 1. The number of Topliss-reactive ketones (excluding diaryl/α,β-unsaturated/α-hetero) is 1. The topological polar surface area (TPSA) is 102 Å². The average molecular weight is 483 g/mol. The highest BCUT2D eigenvalue weighted by molar-refractivity contribution is 6.01. The normalized spacial score (nSPS) is 19.9. The fourth-order valence-corrected chi connectivity index (χ4v) is 5.68. The van der Waals surface area contributed by atoms with Gasteiger partial charge in [-0.15, -0.1) is 0 Å². The van der Waals surface area contributed by atoms with Crippen LogP contribution in [0.5, 0.6) is 0 Å². The number of aliphatic hydroxyl groups is 1. The van der Waals surface area contributed by atoms with Gasteiger partial charge in [-0.2, -0.15) is 0 Å². The van der Waals surface area contributed by atoms with Crippen LogP contribution in [0.2, 0.25) is 0 Å². The summed E-state index contributed by atoms with van der Waals surface area (Å²) in [6, 6.07) is 7.80. The summed E-state index contributed by atoms with van der Waals surface area (Å²) in [4.78, 5) is 26.6. The number of nitrogens with zero attached hydrogens (tertiary/aromatic N) is 1. The summed E-state index contributed by atoms with van der Waals surface area (Å²) in [6.45, 7) is 3.11. The van der Waals surface area contributed by atoms with E-state index in [1.165, 1.54) is 25.5 Å². The van der Waals surface area contributed by atoms with Crippen LogP contribution < -0.4 is 5.32 Å². The van der Waals surface area contributed by atoms with Gasteiger partial charge in [0.15, 0.2) is 5.78 Å². The van der Waals surface area contributed by atoms with Crippen molar-refractivity contribution in [2.24, 2.45) is 11.8 Å². The lowest BCUT2D eigenvalue weighted by Gasteiger charge is -2.36. The molecule has 190 valence electrons. The highest BCUT2D eigenvalue weighted by Gasteiger charge is 2.34. The minimum atomic E-state index is -0.395. The highest BCUT2D eigenvalue weighted by atomic mass is 16.5. The maximum absolute atomic E-state index is 13.5. The molecule has 2 N–H and O–H groups in total. The van der Waals surface area contributed by atoms with E-state index in [0.29, 0.717) is 30.2 Å². The van der Waals surface area contributed by atoms with Crippen molar-refractivity contribution in [1.82, 2.24) is 5.16 Å². The molecule has 1 aliphatic carbocycles. The molecule has 1 aromatic carbocycles. The van der Waals surface area contributed by atoms with E-state index in [-0.39, 0.29) is 36.1 Å². The lowest BCUT2D eigenvalue weighted by atomic mass is 9.75. The number of ketones is 1. The maximum Gasteiger partial charge on any atom is 0.228 e. The molecule has 1 saturated heterocycles. The molecule has 7 nitrogen and oxygen atoms in total. The number of carbonyl (C=O) groups is 2. The van der Waals surface area contributed by atoms with Crippen molar-refractivity contribution in [3.8, 4) is 0 Å². The van der Waals surface area contributed by atoms with Gasteiger partial charge in [0.25, 0.3) is 0 Å². The fourth-order valence-electron chi connectivity index (χ4n) is 5.68. The molecule has 1 atom stereocenters. The second-order valence-corrected chi connectivity index (χ2v) is 10.3. The van der Waals surface area contributed by atoms with Gasteiger partial charge in [0.2, 0.25) is 5.91 Å². The molecule has 0 radical (unpaired) electrons.